The van der Waals surface area contributed by atoms with Gasteiger partial charge >= 0.3 is 5.97 Å². The average Bonchev–Trinajstić information content (AvgIpc) is 2.66. The first-order chi connectivity index (χ1) is 12.2. The Morgan fingerprint density at radius 3 is 2.40 bits per heavy atom. The molecular weight excluding hydrogens is 312 g/mol. The van der Waals surface area contributed by atoms with E-state index in [1.165, 1.54) is 13.2 Å². The Kier molecular flexibility index (Phi) is 7.26. The minimum atomic E-state index is -0.362. The van der Waals surface area contributed by atoms with Gasteiger partial charge in [0.15, 0.2) is 0 Å². The van der Waals surface area contributed by atoms with Gasteiger partial charge in [-0.3, -0.25) is 0 Å². The average molecular weight is 334 g/mol. The number of allylic oxidation sites excluding steroid dienone is 4. The summed E-state index contributed by atoms with van der Waals surface area (Å²) in [4.78, 5) is 11.0. The number of carbonyl (C=O) groups is 1. The van der Waals surface area contributed by atoms with Gasteiger partial charge in [-0.2, -0.15) is 0 Å². The SMILES string of the molecule is COC(=O)C=CC=C(C)C=Cc1ccc(OCc2ccccc2)cc1. The summed E-state index contributed by atoms with van der Waals surface area (Å²) in [6, 6.07) is 18.0. The second-order valence-corrected chi connectivity index (χ2v) is 5.47. The fourth-order valence-corrected chi connectivity index (χ4v) is 2.05. The van der Waals surface area contributed by atoms with E-state index in [0.717, 1.165) is 22.4 Å². The van der Waals surface area contributed by atoms with Crippen molar-refractivity contribution in [1.82, 2.24) is 0 Å². The molecule has 0 unspecified atom stereocenters. The van der Waals surface area contributed by atoms with E-state index in [4.69, 9.17) is 4.74 Å². The maximum absolute atomic E-state index is 11.0. The molecule has 0 saturated carbocycles. The molecule has 0 bridgehead atoms. The molecule has 0 aromatic heterocycles. The number of hydrogen-bond acceptors (Lipinski definition) is 3. The summed E-state index contributed by atoms with van der Waals surface area (Å²) >= 11 is 0. The van der Waals surface area contributed by atoms with Crippen LogP contribution in [0.3, 0.4) is 0 Å². The molecule has 0 aliphatic carbocycles. The molecule has 3 heteroatoms. The van der Waals surface area contributed by atoms with Crippen molar-refractivity contribution in [3.8, 4) is 5.75 Å². The van der Waals surface area contributed by atoms with Crippen molar-refractivity contribution >= 4 is 12.0 Å². The van der Waals surface area contributed by atoms with Gasteiger partial charge in [0.05, 0.1) is 7.11 Å². The minimum Gasteiger partial charge on any atom is -0.489 e. The molecule has 0 saturated heterocycles. The first-order valence-electron chi connectivity index (χ1n) is 8.05. The number of ether oxygens (including phenoxy) is 2. The predicted molar refractivity (Wildman–Crippen MR) is 101 cm³/mol. The molecule has 0 aliphatic rings. The summed E-state index contributed by atoms with van der Waals surface area (Å²) in [5.74, 6) is 0.480. The van der Waals surface area contributed by atoms with Gasteiger partial charge in [0.25, 0.3) is 0 Å². The number of hydrogen-bond donors (Lipinski definition) is 0. The summed E-state index contributed by atoms with van der Waals surface area (Å²) in [7, 11) is 1.36. The first-order valence-corrected chi connectivity index (χ1v) is 8.05. The molecule has 25 heavy (non-hydrogen) atoms. The predicted octanol–water partition coefficient (Wildman–Crippen LogP) is 4.95. The molecule has 3 nitrogen and oxygen atoms in total. The highest BCUT2D eigenvalue weighted by Crippen LogP contribution is 2.15. The number of esters is 1. The van der Waals surface area contributed by atoms with Crippen LogP contribution < -0.4 is 4.74 Å². The largest absolute Gasteiger partial charge is 0.489 e. The lowest BCUT2D eigenvalue weighted by Gasteiger charge is -2.06. The molecule has 0 amide bonds. The van der Waals surface area contributed by atoms with E-state index in [0.29, 0.717) is 6.61 Å². The second-order valence-electron chi connectivity index (χ2n) is 5.47. The van der Waals surface area contributed by atoms with E-state index < -0.39 is 0 Å². The number of benzene rings is 2. The fourth-order valence-electron chi connectivity index (χ4n) is 2.05. The van der Waals surface area contributed by atoms with Gasteiger partial charge in [-0.1, -0.05) is 72.3 Å². The van der Waals surface area contributed by atoms with Crippen LogP contribution in [-0.4, -0.2) is 13.1 Å². The second kappa shape index (κ2) is 9.93. The third kappa shape index (κ3) is 6.92. The zero-order chi connectivity index (χ0) is 17.9. The maximum Gasteiger partial charge on any atom is 0.330 e. The molecule has 0 radical (unpaired) electrons. The lowest BCUT2D eigenvalue weighted by molar-refractivity contribution is -0.134. The normalized spacial score (nSPS) is 11.8. The molecular formula is C22H22O3. The van der Waals surface area contributed by atoms with E-state index >= 15 is 0 Å². The van der Waals surface area contributed by atoms with E-state index in [1.807, 2.05) is 79.7 Å². The smallest absolute Gasteiger partial charge is 0.330 e. The van der Waals surface area contributed by atoms with Crippen molar-refractivity contribution in [3.63, 3.8) is 0 Å². The van der Waals surface area contributed by atoms with Crippen molar-refractivity contribution in [2.24, 2.45) is 0 Å². The van der Waals surface area contributed by atoms with Crippen LogP contribution >= 0.6 is 0 Å². The van der Waals surface area contributed by atoms with Crippen molar-refractivity contribution in [1.29, 1.82) is 0 Å². The van der Waals surface area contributed by atoms with Crippen LogP contribution in [0.4, 0.5) is 0 Å². The standard InChI is InChI=1S/C22H22O3/c1-18(7-6-10-22(23)24-2)11-12-19-13-15-21(16-14-19)25-17-20-8-4-3-5-9-20/h3-16H,17H2,1-2H3. The third-order valence-electron chi connectivity index (χ3n) is 3.46. The van der Waals surface area contributed by atoms with Crippen LogP contribution in [0.15, 0.2) is 84.5 Å². The molecule has 128 valence electrons. The highest BCUT2D eigenvalue weighted by Gasteiger charge is 1.95. The Bertz CT molecular complexity index is 754. The quantitative estimate of drug-likeness (QED) is 0.408. The summed E-state index contributed by atoms with van der Waals surface area (Å²) in [6.45, 7) is 2.53. The molecule has 0 fully saturated rings. The maximum atomic E-state index is 11.0. The van der Waals surface area contributed by atoms with Gasteiger partial charge in [-0.15, -0.1) is 0 Å². The van der Waals surface area contributed by atoms with Crippen LogP contribution in [0.2, 0.25) is 0 Å². The molecule has 0 atom stereocenters. The van der Waals surface area contributed by atoms with Gasteiger partial charge < -0.3 is 9.47 Å². The van der Waals surface area contributed by atoms with Crippen LogP contribution in [0.25, 0.3) is 6.08 Å². The Hall–Kier alpha value is -3.07. The van der Waals surface area contributed by atoms with E-state index in [1.54, 1.807) is 6.08 Å². The molecule has 0 aliphatic heterocycles. The topological polar surface area (TPSA) is 35.5 Å². The summed E-state index contributed by atoms with van der Waals surface area (Å²) in [5.41, 5.74) is 3.26. The minimum absolute atomic E-state index is 0.362. The summed E-state index contributed by atoms with van der Waals surface area (Å²) in [5, 5.41) is 0. The van der Waals surface area contributed by atoms with Crippen LogP contribution in [0.5, 0.6) is 5.75 Å². The van der Waals surface area contributed by atoms with Crippen LogP contribution in [0.1, 0.15) is 18.1 Å². The van der Waals surface area contributed by atoms with Gasteiger partial charge in [0, 0.05) is 6.08 Å². The molecule has 2 rings (SSSR count). The monoisotopic (exact) mass is 334 g/mol. The third-order valence-corrected chi connectivity index (χ3v) is 3.46. The summed E-state index contributed by atoms with van der Waals surface area (Å²) in [6.07, 6.45) is 8.91. The number of carbonyl (C=O) groups excluding carboxylic acids is 1. The van der Waals surface area contributed by atoms with Crippen LogP contribution in [0, 0.1) is 0 Å². The molecule has 0 heterocycles. The lowest BCUT2D eigenvalue weighted by atomic mass is 10.1. The van der Waals surface area contributed by atoms with Crippen molar-refractivity contribution in [2.75, 3.05) is 7.11 Å². The zero-order valence-corrected chi connectivity index (χ0v) is 14.5. The van der Waals surface area contributed by atoms with Gasteiger partial charge in [-0.25, -0.2) is 4.79 Å². The Labute approximate surface area is 148 Å². The first kappa shape index (κ1) is 18.3. The number of rotatable bonds is 7. The van der Waals surface area contributed by atoms with Gasteiger partial charge in [0.1, 0.15) is 12.4 Å². The van der Waals surface area contributed by atoms with E-state index in [2.05, 4.69) is 4.74 Å². The Balaban J connectivity index is 1.88. The molecule has 0 spiro atoms. The van der Waals surface area contributed by atoms with Gasteiger partial charge in [0.2, 0.25) is 0 Å². The van der Waals surface area contributed by atoms with Crippen molar-refractivity contribution in [3.05, 3.63) is 95.6 Å². The zero-order valence-electron chi connectivity index (χ0n) is 14.5. The Morgan fingerprint density at radius 1 is 1.00 bits per heavy atom. The Morgan fingerprint density at radius 2 is 1.72 bits per heavy atom. The van der Waals surface area contributed by atoms with E-state index in [-0.39, 0.29) is 5.97 Å². The summed E-state index contributed by atoms with van der Waals surface area (Å²) < 4.78 is 10.3. The lowest BCUT2D eigenvalue weighted by Crippen LogP contribution is -1.94. The molecule has 2 aromatic rings. The van der Waals surface area contributed by atoms with Gasteiger partial charge in [-0.05, 0) is 30.2 Å². The van der Waals surface area contributed by atoms with Crippen molar-refractivity contribution < 1.29 is 14.3 Å². The highest BCUT2D eigenvalue weighted by molar-refractivity contribution is 5.82. The molecule has 2 aromatic carbocycles. The fraction of sp³-hybridized carbons (Fsp3) is 0.136. The van der Waals surface area contributed by atoms with Crippen molar-refractivity contribution in [2.45, 2.75) is 13.5 Å². The van der Waals surface area contributed by atoms with E-state index in [9.17, 15) is 4.79 Å². The molecule has 0 N–H and O–H groups in total. The van der Waals surface area contributed by atoms with Crippen LogP contribution in [-0.2, 0) is 16.1 Å². The number of methoxy groups -OCH3 is 1. The highest BCUT2D eigenvalue weighted by atomic mass is 16.5.